The third kappa shape index (κ3) is 4.32. The number of hydrogen-bond donors (Lipinski definition) is 0. The maximum Gasteiger partial charge on any atom is 0.272 e. The normalized spacial score (nSPS) is 14.5. The molecule has 1 saturated heterocycles. The van der Waals surface area contributed by atoms with Gasteiger partial charge in [0.2, 0.25) is 5.95 Å². The van der Waals surface area contributed by atoms with Crippen LogP contribution in [0.4, 0.5) is 5.95 Å². The zero-order chi connectivity index (χ0) is 23.6. The van der Waals surface area contributed by atoms with Crippen LogP contribution < -0.4 is 4.90 Å². The summed E-state index contributed by atoms with van der Waals surface area (Å²) >= 11 is 0. The number of piperidine rings is 1. The number of benzene rings is 1. The number of aryl methyl sites for hydroxylation is 1. The highest BCUT2D eigenvalue weighted by Gasteiger charge is 2.22. The number of anilines is 1. The molecule has 4 aromatic heterocycles. The van der Waals surface area contributed by atoms with Crippen LogP contribution in [0.15, 0.2) is 67.1 Å². The predicted octanol–water partition coefficient (Wildman–Crippen LogP) is 3.81. The number of rotatable bonds is 5. The van der Waals surface area contributed by atoms with Gasteiger partial charge < -0.3 is 4.90 Å². The summed E-state index contributed by atoms with van der Waals surface area (Å²) in [4.78, 5) is 20.3. The largest absolute Gasteiger partial charge is 0.341 e. The van der Waals surface area contributed by atoms with E-state index in [1.165, 1.54) is 5.56 Å². The summed E-state index contributed by atoms with van der Waals surface area (Å²) in [6, 6.07) is 16.4. The lowest BCUT2D eigenvalue weighted by Gasteiger charge is -2.32. The van der Waals surface area contributed by atoms with Gasteiger partial charge in [0.25, 0.3) is 5.78 Å². The van der Waals surface area contributed by atoms with Crippen molar-refractivity contribution >= 4 is 11.7 Å². The number of hydrogen-bond acceptors (Lipinski definition) is 8. The average molecular weight is 464 g/mol. The highest BCUT2D eigenvalue weighted by atomic mass is 15.4. The van der Waals surface area contributed by atoms with Crippen LogP contribution in [-0.4, -0.2) is 52.8 Å². The van der Waals surface area contributed by atoms with Crippen LogP contribution in [-0.2, 0) is 6.42 Å². The molecule has 9 nitrogen and oxygen atoms in total. The number of nitrogens with zero attached hydrogens (tertiary/aromatic N) is 9. The molecule has 1 aliphatic heterocycles. The van der Waals surface area contributed by atoms with E-state index in [0.717, 1.165) is 55.3 Å². The van der Waals surface area contributed by atoms with Crippen molar-refractivity contribution in [1.29, 1.82) is 0 Å². The molecule has 0 N–H and O–H groups in total. The van der Waals surface area contributed by atoms with E-state index in [2.05, 4.69) is 65.5 Å². The molecule has 35 heavy (non-hydrogen) atoms. The van der Waals surface area contributed by atoms with Crippen molar-refractivity contribution < 1.29 is 0 Å². The Labute approximate surface area is 203 Å². The van der Waals surface area contributed by atoms with Crippen LogP contribution in [0.5, 0.6) is 0 Å². The zero-order valence-electron chi connectivity index (χ0n) is 19.5. The molecule has 5 heterocycles. The first-order valence-corrected chi connectivity index (χ1v) is 11.9. The van der Waals surface area contributed by atoms with E-state index >= 15 is 0 Å². The fourth-order valence-electron chi connectivity index (χ4n) is 4.64. The average Bonchev–Trinajstić information content (AvgIpc) is 3.36. The van der Waals surface area contributed by atoms with E-state index in [9.17, 15) is 0 Å². The summed E-state index contributed by atoms with van der Waals surface area (Å²) in [5.74, 6) is 2.46. The molecule has 0 radical (unpaired) electrons. The van der Waals surface area contributed by atoms with Crippen molar-refractivity contribution in [2.45, 2.75) is 26.2 Å². The van der Waals surface area contributed by atoms with Crippen molar-refractivity contribution in [1.82, 2.24) is 39.7 Å². The molecule has 0 atom stereocenters. The van der Waals surface area contributed by atoms with Gasteiger partial charge in [0, 0.05) is 37.2 Å². The van der Waals surface area contributed by atoms with Gasteiger partial charge in [-0.1, -0.05) is 30.3 Å². The second-order valence-corrected chi connectivity index (χ2v) is 8.88. The molecule has 9 heteroatoms. The minimum atomic E-state index is 0.452. The molecule has 0 saturated carbocycles. The molecule has 1 aromatic carbocycles. The van der Waals surface area contributed by atoms with E-state index in [1.807, 2.05) is 25.1 Å². The summed E-state index contributed by atoms with van der Waals surface area (Å²) in [7, 11) is 0. The van der Waals surface area contributed by atoms with Crippen LogP contribution in [0.25, 0.3) is 28.6 Å². The van der Waals surface area contributed by atoms with Crippen LogP contribution >= 0.6 is 0 Å². The van der Waals surface area contributed by atoms with Crippen LogP contribution in [0.1, 0.15) is 24.1 Å². The Kier molecular flexibility index (Phi) is 5.57. The minimum Gasteiger partial charge on any atom is -0.341 e. The standard InChI is InChI=1S/C26H25N9/c1-18-23(31-32-26-30-24(33-35(18)26)21-7-12-27-13-8-21)22-9-14-28-25(29-22)34-15-10-20(11-16-34)17-19-5-3-2-4-6-19/h2-9,12-14,20H,10-11,15-17H2,1H3. The first kappa shape index (κ1) is 21.3. The smallest absolute Gasteiger partial charge is 0.272 e. The fraction of sp³-hybridized carbons (Fsp3) is 0.269. The molecule has 6 rings (SSSR count). The molecule has 0 aliphatic carbocycles. The van der Waals surface area contributed by atoms with Gasteiger partial charge in [-0.2, -0.15) is 9.50 Å². The number of pyridine rings is 1. The highest BCUT2D eigenvalue weighted by molar-refractivity contribution is 5.61. The van der Waals surface area contributed by atoms with Gasteiger partial charge in [0.05, 0.1) is 11.4 Å². The van der Waals surface area contributed by atoms with Crippen LogP contribution in [0.3, 0.4) is 0 Å². The van der Waals surface area contributed by atoms with Crippen molar-refractivity contribution in [3.63, 3.8) is 0 Å². The lowest BCUT2D eigenvalue weighted by molar-refractivity contribution is 0.400. The Hall–Kier alpha value is -4.27. The topological polar surface area (TPSA) is 97.9 Å². The molecule has 5 aromatic rings. The van der Waals surface area contributed by atoms with E-state index in [0.29, 0.717) is 23.2 Å². The van der Waals surface area contributed by atoms with E-state index in [1.54, 1.807) is 23.1 Å². The van der Waals surface area contributed by atoms with Crippen molar-refractivity contribution in [2.75, 3.05) is 18.0 Å². The molecular weight excluding hydrogens is 438 g/mol. The van der Waals surface area contributed by atoms with Crippen LogP contribution in [0.2, 0.25) is 0 Å². The molecule has 1 aliphatic rings. The quantitative estimate of drug-likeness (QED) is 0.388. The Morgan fingerprint density at radius 1 is 0.886 bits per heavy atom. The van der Waals surface area contributed by atoms with Crippen LogP contribution in [0, 0.1) is 12.8 Å². The number of fused-ring (bicyclic) bond motifs is 1. The molecule has 174 valence electrons. The van der Waals surface area contributed by atoms with Gasteiger partial charge in [0.15, 0.2) is 5.82 Å². The van der Waals surface area contributed by atoms with Crippen molar-refractivity contribution in [3.8, 4) is 22.8 Å². The Morgan fingerprint density at radius 3 is 2.49 bits per heavy atom. The zero-order valence-corrected chi connectivity index (χ0v) is 19.5. The van der Waals surface area contributed by atoms with Gasteiger partial charge in [0.1, 0.15) is 5.69 Å². The Bertz CT molecular complexity index is 1440. The van der Waals surface area contributed by atoms with Crippen molar-refractivity contribution in [3.05, 3.63) is 78.4 Å². The van der Waals surface area contributed by atoms with E-state index in [-0.39, 0.29) is 0 Å². The summed E-state index contributed by atoms with van der Waals surface area (Å²) < 4.78 is 1.72. The third-order valence-electron chi connectivity index (χ3n) is 6.58. The summed E-state index contributed by atoms with van der Waals surface area (Å²) in [6.45, 7) is 3.85. The lowest BCUT2D eigenvalue weighted by Crippen LogP contribution is -2.35. The molecule has 1 fully saturated rings. The first-order valence-electron chi connectivity index (χ1n) is 11.9. The van der Waals surface area contributed by atoms with Gasteiger partial charge in [-0.05, 0) is 55.9 Å². The monoisotopic (exact) mass is 463 g/mol. The Morgan fingerprint density at radius 2 is 1.69 bits per heavy atom. The fourth-order valence-corrected chi connectivity index (χ4v) is 4.64. The van der Waals surface area contributed by atoms with E-state index < -0.39 is 0 Å². The maximum absolute atomic E-state index is 4.85. The van der Waals surface area contributed by atoms with Gasteiger partial charge in [-0.25, -0.2) is 9.97 Å². The second-order valence-electron chi connectivity index (χ2n) is 8.88. The summed E-state index contributed by atoms with van der Waals surface area (Å²) in [5.41, 5.74) is 4.52. The third-order valence-corrected chi connectivity index (χ3v) is 6.58. The van der Waals surface area contributed by atoms with E-state index in [4.69, 9.17) is 4.98 Å². The summed E-state index contributed by atoms with van der Waals surface area (Å²) in [5, 5.41) is 13.4. The lowest BCUT2D eigenvalue weighted by atomic mass is 9.90. The highest BCUT2D eigenvalue weighted by Crippen LogP contribution is 2.26. The van der Waals surface area contributed by atoms with Gasteiger partial charge in [-0.3, -0.25) is 4.98 Å². The van der Waals surface area contributed by atoms with Crippen molar-refractivity contribution in [2.24, 2.45) is 5.92 Å². The van der Waals surface area contributed by atoms with Gasteiger partial charge >= 0.3 is 0 Å². The molecule has 0 spiro atoms. The first-order chi connectivity index (χ1) is 17.2. The Balaban J connectivity index is 1.22. The predicted molar refractivity (Wildman–Crippen MR) is 133 cm³/mol. The second kappa shape index (κ2) is 9.17. The SMILES string of the molecule is Cc1c(-c2ccnc(N3CCC(Cc4ccccc4)CC3)n2)nnc2nc(-c3ccncc3)nn12. The molecule has 0 bridgehead atoms. The summed E-state index contributed by atoms with van der Waals surface area (Å²) in [6.07, 6.45) is 8.62. The van der Waals surface area contributed by atoms with Gasteiger partial charge in [-0.15, -0.1) is 15.3 Å². The molecular formula is C26H25N9. The minimum absolute atomic E-state index is 0.452. The molecule has 0 unspecified atom stereocenters. The maximum atomic E-state index is 4.85. The molecule has 0 amide bonds. The number of aromatic nitrogens is 8.